The van der Waals surface area contributed by atoms with Crippen molar-refractivity contribution >= 4 is 0 Å². The highest BCUT2D eigenvalue weighted by atomic mass is 16.3. The molecule has 17 heavy (non-hydrogen) atoms. The molecule has 0 saturated heterocycles. The summed E-state index contributed by atoms with van der Waals surface area (Å²) in [5.41, 5.74) is 1.21. The Hall–Kier alpha value is -1.55. The Labute approximate surface area is 102 Å². The molecule has 1 unspecified atom stereocenters. The first-order chi connectivity index (χ1) is 8.20. The molecule has 2 aromatic heterocycles. The lowest BCUT2D eigenvalue weighted by Gasteiger charge is -2.13. The Balaban J connectivity index is 1.99. The molecule has 0 aliphatic heterocycles. The summed E-state index contributed by atoms with van der Waals surface area (Å²) in [6.07, 6.45) is 7.62. The Morgan fingerprint density at radius 2 is 2.35 bits per heavy atom. The molecule has 4 nitrogen and oxygen atoms in total. The van der Waals surface area contributed by atoms with E-state index in [-0.39, 0.29) is 0 Å². The van der Waals surface area contributed by atoms with E-state index in [4.69, 9.17) is 4.42 Å². The highest BCUT2D eigenvalue weighted by molar-refractivity contribution is 5.16. The zero-order valence-corrected chi connectivity index (χ0v) is 10.6. The lowest BCUT2D eigenvalue weighted by molar-refractivity contribution is 0.506. The first kappa shape index (κ1) is 11.9. The van der Waals surface area contributed by atoms with Crippen LogP contribution >= 0.6 is 0 Å². The quantitative estimate of drug-likeness (QED) is 0.861. The van der Waals surface area contributed by atoms with Gasteiger partial charge in [0.15, 0.2) is 0 Å². The minimum atomic E-state index is 0.323. The smallest absolute Gasteiger partial charge is 0.108 e. The van der Waals surface area contributed by atoms with Crippen LogP contribution in [0.4, 0.5) is 0 Å². The molecule has 2 heterocycles. The molecule has 0 saturated carbocycles. The van der Waals surface area contributed by atoms with E-state index in [9.17, 15) is 0 Å². The van der Waals surface area contributed by atoms with Gasteiger partial charge in [0.2, 0.25) is 0 Å². The molecule has 0 spiro atoms. The van der Waals surface area contributed by atoms with Crippen LogP contribution in [0.25, 0.3) is 0 Å². The van der Waals surface area contributed by atoms with E-state index < -0.39 is 0 Å². The third-order valence-electron chi connectivity index (χ3n) is 3.08. The topological polar surface area (TPSA) is 43.0 Å². The molecule has 1 atom stereocenters. The number of hydrogen-bond donors (Lipinski definition) is 1. The summed E-state index contributed by atoms with van der Waals surface area (Å²) in [6.45, 7) is 1.97. The lowest BCUT2D eigenvalue weighted by Crippen LogP contribution is -2.17. The summed E-state index contributed by atoms with van der Waals surface area (Å²) in [5.74, 6) is 2.07. The van der Waals surface area contributed by atoms with E-state index in [1.807, 2.05) is 39.7 Å². The molecule has 0 bridgehead atoms. The van der Waals surface area contributed by atoms with E-state index in [2.05, 4.69) is 20.9 Å². The van der Waals surface area contributed by atoms with Crippen molar-refractivity contribution in [2.24, 2.45) is 7.05 Å². The SMILES string of the molecule is CNC(CCc1nccn1C)c1coc(C)c1. The Morgan fingerprint density at radius 1 is 1.53 bits per heavy atom. The number of nitrogens with one attached hydrogen (secondary N) is 1. The average Bonchev–Trinajstić information content (AvgIpc) is 2.90. The van der Waals surface area contributed by atoms with Gasteiger partial charge in [0, 0.05) is 37.5 Å². The number of rotatable bonds is 5. The third kappa shape index (κ3) is 2.77. The third-order valence-corrected chi connectivity index (χ3v) is 3.08. The Morgan fingerprint density at radius 3 is 2.88 bits per heavy atom. The molecular formula is C13H19N3O. The minimum Gasteiger partial charge on any atom is -0.469 e. The van der Waals surface area contributed by atoms with E-state index in [1.165, 1.54) is 5.56 Å². The van der Waals surface area contributed by atoms with Gasteiger partial charge in [-0.05, 0) is 26.5 Å². The van der Waals surface area contributed by atoms with E-state index >= 15 is 0 Å². The summed E-state index contributed by atoms with van der Waals surface area (Å²) < 4.78 is 7.41. The van der Waals surface area contributed by atoms with Gasteiger partial charge in [-0.1, -0.05) is 0 Å². The van der Waals surface area contributed by atoms with Crippen molar-refractivity contribution in [3.8, 4) is 0 Å². The molecule has 0 aliphatic rings. The van der Waals surface area contributed by atoms with Gasteiger partial charge in [-0.3, -0.25) is 0 Å². The number of aryl methyl sites for hydroxylation is 3. The zero-order valence-electron chi connectivity index (χ0n) is 10.6. The fourth-order valence-corrected chi connectivity index (χ4v) is 2.03. The number of hydrogen-bond acceptors (Lipinski definition) is 3. The summed E-state index contributed by atoms with van der Waals surface area (Å²) >= 11 is 0. The Bertz CT molecular complexity index is 472. The van der Waals surface area contributed by atoms with Crippen molar-refractivity contribution in [1.29, 1.82) is 0 Å². The largest absolute Gasteiger partial charge is 0.469 e. The molecule has 0 fully saturated rings. The average molecular weight is 233 g/mol. The molecule has 2 aromatic rings. The summed E-state index contributed by atoms with van der Waals surface area (Å²) in [7, 11) is 4.00. The Kier molecular flexibility index (Phi) is 3.64. The monoisotopic (exact) mass is 233 g/mol. The van der Waals surface area contributed by atoms with Crippen LogP contribution in [0, 0.1) is 6.92 Å². The highest BCUT2D eigenvalue weighted by Crippen LogP contribution is 2.20. The molecule has 0 aliphatic carbocycles. The minimum absolute atomic E-state index is 0.323. The van der Waals surface area contributed by atoms with Crippen molar-refractivity contribution in [2.45, 2.75) is 25.8 Å². The van der Waals surface area contributed by atoms with Crippen molar-refractivity contribution in [3.05, 3.63) is 41.9 Å². The maximum atomic E-state index is 5.35. The van der Waals surface area contributed by atoms with Crippen molar-refractivity contribution in [3.63, 3.8) is 0 Å². The summed E-state index contributed by atoms with van der Waals surface area (Å²) in [5, 5.41) is 3.32. The van der Waals surface area contributed by atoms with Crippen LogP contribution in [0.1, 0.15) is 29.6 Å². The second kappa shape index (κ2) is 5.19. The molecule has 4 heteroatoms. The van der Waals surface area contributed by atoms with Gasteiger partial charge in [0.05, 0.1) is 6.26 Å². The second-order valence-electron chi connectivity index (χ2n) is 4.33. The number of furan rings is 1. The highest BCUT2D eigenvalue weighted by Gasteiger charge is 2.12. The predicted octanol–water partition coefficient (Wildman–Crippen LogP) is 2.21. The summed E-state index contributed by atoms with van der Waals surface area (Å²) in [6, 6.07) is 2.41. The first-order valence-electron chi connectivity index (χ1n) is 5.89. The van der Waals surface area contributed by atoms with Gasteiger partial charge in [-0.15, -0.1) is 0 Å². The van der Waals surface area contributed by atoms with Gasteiger partial charge in [-0.25, -0.2) is 4.98 Å². The van der Waals surface area contributed by atoms with Crippen molar-refractivity contribution < 1.29 is 4.42 Å². The molecule has 0 radical (unpaired) electrons. The van der Waals surface area contributed by atoms with Gasteiger partial charge >= 0.3 is 0 Å². The molecular weight excluding hydrogens is 214 g/mol. The van der Waals surface area contributed by atoms with E-state index in [1.54, 1.807) is 0 Å². The fraction of sp³-hybridized carbons (Fsp3) is 0.462. The van der Waals surface area contributed by atoms with Crippen LogP contribution in [0.5, 0.6) is 0 Å². The molecule has 1 N–H and O–H groups in total. The standard InChI is InChI=1S/C13H19N3O/c1-10-8-11(9-17-10)12(14-2)4-5-13-15-6-7-16(13)3/h6-9,12,14H,4-5H2,1-3H3. The van der Waals surface area contributed by atoms with E-state index in [0.29, 0.717) is 6.04 Å². The van der Waals surface area contributed by atoms with Crippen molar-refractivity contribution in [2.75, 3.05) is 7.05 Å². The molecule has 0 amide bonds. The lowest BCUT2D eigenvalue weighted by atomic mass is 10.0. The van der Waals surface area contributed by atoms with Crippen LogP contribution in [0.2, 0.25) is 0 Å². The van der Waals surface area contributed by atoms with Gasteiger partial charge < -0.3 is 14.3 Å². The fourth-order valence-electron chi connectivity index (χ4n) is 2.03. The molecule has 92 valence electrons. The zero-order chi connectivity index (χ0) is 12.3. The van der Waals surface area contributed by atoms with Crippen molar-refractivity contribution in [1.82, 2.24) is 14.9 Å². The van der Waals surface area contributed by atoms with Gasteiger partial charge in [0.25, 0.3) is 0 Å². The van der Waals surface area contributed by atoms with Gasteiger partial charge in [-0.2, -0.15) is 0 Å². The number of imidazole rings is 1. The molecule has 2 rings (SSSR count). The van der Waals surface area contributed by atoms with Crippen LogP contribution in [-0.2, 0) is 13.5 Å². The van der Waals surface area contributed by atoms with E-state index in [0.717, 1.165) is 24.4 Å². The van der Waals surface area contributed by atoms with Crippen LogP contribution in [0.3, 0.4) is 0 Å². The first-order valence-corrected chi connectivity index (χ1v) is 5.89. The maximum Gasteiger partial charge on any atom is 0.108 e. The van der Waals surface area contributed by atoms with Crippen LogP contribution < -0.4 is 5.32 Å². The van der Waals surface area contributed by atoms with Crippen LogP contribution in [0.15, 0.2) is 29.1 Å². The molecule has 0 aromatic carbocycles. The number of aromatic nitrogens is 2. The normalized spacial score (nSPS) is 12.9. The second-order valence-corrected chi connectivity index (χ2v) is 4.33. The number of nitrogens with zero attached hydrogens (tertiary/aromatic N) is 2. The predicted molar refractivity (Wildman–Crippen MR) is 66.8 cm³/mol. The van der Waals surface area contributed by atoms with Gasteiger partial charge in [0.1, 0.15) is 11.6 Å². The summed E-state index contributed by atoms with van der Waals surface area (Å²) in [4.78, 5) is 4.33. The van der Waals surface area contributed by atoms with Crippen LogP contribution in [-0.4, -0.2) is 16.6 Å². The maximum absolute atomic E-state index is 5.35.